The molecule has 0 spiro atoms. The molecule has 0 fully saturated rings. The van der Waals surface area contributed by atoms with Crippen LogP contribution in [0.1, 0.15) is 17.3 Å². The largest absolute Gasteiger partial charge is 0.374 e. The minimum Gasteiger partial charge on any atom is -0.374 e. The molecule has 0 unspecified atom stereocenters. The zero-order valence-corrected chi connectivity index (χ0v) is 10.5. The van der Waals surface area contributed by atoms with E-state index in [0.29, 0.717) is 35.2 Å². The van der Waals surface area contributed by atoms with Gasteiger partial charge in [0.25, 0.3) is 0 Å². The predicted octanol–water partition coefficient (Wildman–Crippen LogP) is 2.01. The third-order valence-electron chi connectivity index (χ3n) is 1.96. The van der Waals surface area contributed by atoms with E-state index >= 15 is 0 Å². The molecule has 0 amide bonds. The van der Waals surface area contributed by atoms with Crippen molar-refractivity contribution in [3.8, 4) is 6.07 Å². The van der Waals surface area contributed by atoms with Crippen molar-refractivity contribution in [3.63, 3.8) is 0 Å². The molecule has 0 aliphatic heterocycles. The van der Waals surface area contributed by atoms with Gasteiger partial charge in [0.2, 0.25) is 5.89 Å². The average Bonchev–Trinajstić information content (AvgIpc) is 2.86. The third-order valence-corrected chi connectivity index (χ3v) is 3.13. The van der Waals surface area contributed by atoms with Gasteiger partial charge in [0, 0.05) is 13.0 Å². The van der Waals surface area contributed by atoms with Crippen molar-refractivity contribution >= 4 is 28.1 Å². The van der Waals surface area contributed by atoms with Crippen LogP contribution in [0.4, 0.5) is 5.00 Å². The minimum absolute atomic E-state index is 0.230. The lowest BCUT2D eigenvalue weighted by Crippen LogP contribution is -2.04. The molecule has 0 saturated carbocycles. The molecule has 2 aromatic rings. The van der Waals surface area contributed by atoms with Gasteiger partial charge in [-0.25, -0.2) is 0 Å². The van der Waals surface area contributed by atoms with E-state index in [4.69, 9.17) is 21.4 Å². The number of aryl methyl sites for hydroxylation is 1. The summed E-state index contributed by atoms with van der Waals surface area (Å²) in [6, 6.07) is 2.00. The van der Waals surface area contributed by atoms with Crippen LogP contribution in [0.5, 0.6) is 0 Å². The molecule has 0 saturated heterocycles. The molecular formula is C9H8ClN5OS. The molecule has 6 nitrogen and oxygen atoms in total. The summed E-state index contributed by atoms with van der Waals surface area (Å²) in [5.41, 5.74) is 0.373. The molecule has 2 rings (SSSR count). The average molecular weight is 270 g/mol. The zero-order chi connectivity index (χ0) is 12.3. The summed E-state index contributed by atoms with van der Waals surface area (Å²) in [5, 5.41) is 16.5. The maximum absolute atomic E-state index is 8.86. The fraction of sp³-hybridized carbons (Fsp3) is 0.333. The number of nitriles is 1. The van der Waals surface area contributed by atoms with Gasteiger partial charge in [-0.3, -0.25) is 0 Å². The molecule has 0 aliphatic carbocycles. The fourth-order valence-corrected chi connectivity index (χ4v) is 2.17. The molecule has 8 heteroatoms. The van der Waals surface area contributed by atoms with E-state index in [0.717, 1.165) is 11.5 Å². The molecule has 88 valence electrons. The van der Waals surface area contributed by atoms with Crippen LogP contribution in [-0.4, -0.2) is 21.1 Å². The number of anilines is 1. The molecule has 2 aromatic heterocycles. The number of nitrogens with zero attached hydrogens (tertiary/aromatic N) is 4. The summed E-state index contributed by atoms with van der Waals surface area (Å²) in [5.74, 6) is 1.17. The van der Waals surface area contributed by atoms with Gasteiger partial charge in [-0.15, -0.1) is 0 Å². The van der Waals surface area contributed by atoms with E-state index in [2.05, 4.69) is 19.8 Å². The normalized spacial score (nSPS) is 10.2. The van der Waals surface area contributed by atoms with Gasteiger partial charge in [0.05, 0.1) is 0 Å². The van der Waals surface area contributed by atoms with Crippen LogP contribution in [0.15, 0.2) is 4.52 Å². The lowest BCUT2D eigenvalue weighted by atomic mass is 10.3. The quantitative estimate of drug-likeness (QED) is 0.913. The number of rotatable bonds is 4. The van der Waals surface area contributed by atoms with Gasteiger partial charge >= 0.3 is 0 Å². The fourth-order valence-electron chi connectivity index (χ4n) is 1.21. The van der Waals surface area contributed by atoms with Crippen LogP contribution in [0, 0.1) is 18.3 Å². The van der Waals surface area contributed by atoms with Crippen molar-refractivity contribution in [3.05, 3.63) is 22.4 Å². The highest BCUT2D eigenvalue weighted by atomic mass is 35.5. The highest BCUT2D eigenvalue weighted by molar-refractivity contribution is 7.10. The Bertz CT molecular complexity index is 558. The number of halogens is 1. The molecule has 2 heterocycles. The molecule has 0 aliphatic rings. The van der Waals surface area contributed by atoms with Crippen molar-refractivity contribution in [2.24, 2.45) is 0 Å². The summed E-state index contributed by atoms with van der Waals surface area (Å²) in [4.78, 5) is 4.07. The van der Waals surface area contributed by atoms with Gasteiger partial charge in [-0.2, -0.15) is 14.6 Å². The van der Waals surface area contributed by atoms with E-state index in [1.165, 1.54) is 0 Å². The SMILES string of the molecule is Cc1noc(CCNc2snc(Cl)c2C#N)n1. The second kappa shape index (κ2) is 5.12. The van der Waals surface area contributed by atoms with Crippen molar-refractivity contribution in [1.82, 2.24) is 14.5 Å². The first-order valence-electron chi connectivity index (χ1n) is 4.79. The number of aromatic nitrogens is 3. The van der Waals surface area contributed by atoms with E-state index in [-0.39, 0.29) is 5.15 Å². The standard InChI is InChI=1S/C9H8ClN5OS/c1-5-13-7(16-14-5)2-3-12-9-6(4-11)8(10)15-17-9/h12H,2-3H2,1H3. The van der Waals surface area contributed by atoms with E-state index in [1.807, 2.05) is 6.07 Å². The first-order chi connectivity index (χ1) is 8.20. The van der Waals surface area contributed by atoms with Crippen LogP contribution >= 0.6 is 23.1 Å². The molecule has 0 aromatic carbocycles. The Balaban J connectivity index is 1.92. The monoisotopic (exact) mass is 269 g/mol. The summed E-state index contributed by atoms with van der Waals surface area (Å²) in [7, 11) is 0. The second-order valence-electron chi connectivity index (χ2n) is 3.20. The topological polar surface area (TPSA) is 87.6 Å². The lowest BCUT2D eigenvalue weighted by molar-refractivity contribution is 0.377. The Labute approximate surface area is 106 Å². The van der Waals surface area contributed by atoms with Gasteiger partial charge in [-0.05, 0) is 18.5 Å². The van der Waals surface area contributed by atoms with Crippen molar-refractivity contribution < 1.29 is 4.52 Å². The molecular weight excluding hydrogens is 262 g/mol. The Morgan fingerprint density at radius 3 is 3.06 bits per heavy atom. The Morgan fingerprint density at radius 1 is 1.59 bits per heavy atom. The molecule has 0 bridgehead atoms. The Morgan fingerprint density at radius 2 is 2.41 bits per heavy atom. The molecule has 1 N–H and O–H groups in total. The van der Waals surface area contributed by atoms with Crippen LogP contribution in [0.2, 0.25) is 5.15 Å². The van der Waals surface area contributed by atoms with E-state index in [1.54, 1.807) is 6.92 Å². The van der Waals surface area contributed by atoms with Crippen molar-refractivity contribution in [2.75, 3.05) is 11.9 Å². The van der Waals surface area contributed by atoms with Crippen LogP contribution in [0.25, 0.3) is 0 Å². The smallest absolute Gasteiger partial charge is 0.228 e. The number of nitrogens with one attached hydrogen (secondary N) is 1. The van der Waals surface area contributed by atoms with Gasteiger partial charge in [0.15, 0.2) is 11.0 Å². The van der Waals surface area contributed by atoms with Gasteiger partial charge in [-0.1, -0.05) is 16.8 Å². The second-order valence-corrected chi connectivity index (χ2v) is 4.33. The first-order valence-corrected chi connectivity index (χ1v) is 5.94. The van der Waals surface area contributed by atoms with Crippen molar-refractivity contribution in [2.45, 2.75) is 13.3 Å². The number of hydrogen-bond donors (Lipinski definition) is 1. The summed E-state index contributed by atoms with van der Waals surface area (Å²) in [6.07, 6.45) is 0.585. The molecule has 17 heavy (non-hydrogen) atoms. The molecule has 0 atom stereocenters. The van der Waals surface area contributed by atoms with Crippen LogP contribution in [-0.2, 0) is 6.42 Å². The third kappa shape index (κ3) is 2.72. The van der Waals surface area contributed by atoms with Crippen molar-refractivity contribution in [1.29, 1.82) is 5.26 Å². The lowest BCUT2D eigenvalue weighted by Gasteiger charge is -2.00. The van der Waals surface area contributed by atoms with E-state index in [9.17, 15) is 0 Å². The first kappa shape index (κ1) is 11.8. The van der Waals surface area contributed by atoms with Crippen LogP contribution < -0.4 is 5.32 Å². The van der Waals surface area contributed by atoms with Gasteiger partial charge < -0.3 is 9.84 Å². The summed E-state index contributed by atoms with van der Waals surface area (Å²) < 4.78 is 8.85. The summed E-state index contributed by atoms with van der Waals surface area (Å²) in [6.45, 7) is 2.34. The van der Waals surface area contributed by atoms with Gasteiger partial charge in [0.1, 0.15) is 16.6 Å². The Hall–Kier alpha value is -1.65. The predicted molar refractivity (Wildman–Crippen MR) is 63.1 cm³/mol. The minimum atomic E-state index is 0.230. The highest BCUT2D eigenvalue weighted by Crippen LogP contribution is 2.27. The van der Waals surface area contributed by atoms with Crippen LogP contribution in [0.3, 0.4) is 0 Å². The number of hydrogen-bond acceptors (Lipinski definition) is 7. The summed E-state index contributed by atoms with van der Waals surface area (Å²) >= 11 is 6.90. The molecule has 0 radical (unpaired) electrons. The maximum Gasteiger partial charge on any atom is 0.228 e. The highest BCUT2D eigenvalue weighted by Gasteiger charge is 2.11. The maximum atomic E-state index is 8.86. The zero-order valence-electron chi connectivity index (χ0n) is 8.90. The van der Waals surface area contributed by atoms with E-state index < -0.39 is 0 Å². The Kier molecular flexibility index (Phi) is 3.56.